The van der Waals surface area contributed by atoms with Gasteiger partial charge in [0, 0.05) is 30.4 Å². The second-order valence-corrected chi connectivity index (χ2v) is 5.36. The van der Waals surface area contributed by atoms with Gasteiger partial charge in [-0.1, -0.05) is 6.92 Å². The van der Waals surface area contributed by atoms with Gasteiger partial charge in [-0.3, -0.25) is 4.98 Å². The number of rotatable bonds is 4. The fraction of sp³-hybridized carbons (Fsp3) is 0.615. The normalized spacial score (nSPS) is 20.6. The Hall–Kier alpha value is -0.610. The molecule has 0 spiro atoms. The number of nitrogens with zero attached hydrogens (tertiary/aromatic N) is 2. The molecule has 0 amide bonds. The summed E-state index contributed by atoms with van der Waals surface area (Å²) in [5.41, 5.74) is 1.18. The van der Waals surface area contributed by atoms with Gasteiger partial charge in [-0.15, -0.1) is 0 Å². The van der Waals surface area contributed by atoms with Crippen molar-refractivity contribution < 1.29 is 4.74 Å². The van der Waals surface area contributed by atoms with Crippen molar-refractivity contribution in [3.63, 3.8) is 0 Å². The number of halogens is 1. The molecule has 2 rings (SSSR count). The summed E-state index contributed by atoms with van der Waals surface area (Å²) < 4.78 is 6.87. The lowest BCUT2D eigenvalue weighted by Crippen LogP contribution is -2.39. The number of aromatic nitrogens is 1. The molecular formula is C13H19BrN2O. The van der Waals surface area contributed by atoms with Gasteiger partial charge in [0.1, 0.15) is 0 Å². The summed E-state index contributed by atoms with van der Waals surface area (Å²) in [5.74, 6) is 0. The number of piperidine rings is 1. The van der Waals surface area contributed by atoms with E-state index in [2.05, 4.69) is 38.8 Å². The van der Waals surface area contributed by atoms with E-state index in [1.54, 1.807) is 0 Å². The fourth-order valence-electron chi connectivity index (χ4n) is 2.17. The van der Waals surface area contributed by atoms with E-state index >= 15 is 0 Å². The Labute approximate surface area is 111 Å². The maximum atomic E-state index is 5.84. The quantitative estimate of drug-likeness (QED) is 0.853. The van der Waals surface area contributed by atoms with Gasteiger partial charge in [0.25, 0.3) is 0 Å². The third-order valence-electron chi connectivity index (χ3n) is 2.99. The molecule has 94 valence electrons. The molecule has 0 N–H and O–H groups in total. The molecule has 1 aromatic heterocycles. The first-order chi connectivity index (χ1) is 8.29. The minimum absolute atomic E-state index is 0.377. The van der Waals surface area contributed by atoms with E-state index in [4.69, 9.17) is 4.74 Å². The average molecular weight is 299 g/mol. The summed E-state index contributed by atoms with van der Waals surface area (Å²) >= 11 is 3.47. The Morgan fingerprint density at radius 2 is 2.41 bits per heavy atom. The fourth-order valence-corrected chi connectivity index (χ4v) is 2.52. The molecule has 1 fully saturated rings. The Morgan fingerprint density at radius 1 is 1.53 bits per heavy atom. The first kappa shape index (κ1) is 12.8. The monoisotopic (exact) mass is 298 g/mol. The van der Waals surface area contributed by atoms with E-state index in [0.29, 0.717) is 6.10 Å². The van der Waals surface area contributed by atoms with Crippen LogP contribution in [0, 0.1) is 0 Å². The predicted octanol–water partition coefficient (Wildman–Crippen LogP) is 3.24. The highest BCUT2D eigenvalue weighted by Gasteiger charge is 2.20. The van der Waals surface area contributed by atoms with Crippen LogP contribution in [0.1, 0.15) is 26.2 Å². The molecule has 0 saturated carbocycles. The zero-order valence-corrected chi connectivity index (χ0v) is 11.8. The van der Waals surface area contributed by atoms with Gasteiger partial charge in [-0.05, 0) is 41.3 Å². The molecule has 2 heterocycles. The molecule has 3 nitrogen and oxygen atoms in total. The number of hydrogen-bond acceptors (Lipinski definition) is 3. The van der Waals surface area contributed by atoms with Crippen LogP contribution in [0.15, 0.2) is 22.9 Å². The van der Waals surface area contributed by atoms with Crippen molar-refractivity contribution in [2.75, 3.05) is 24.6 Å². The zero-order valence-electron chi connectivity index (χ0n) is 10.2. The number of pyridine rings is 1. The van der Waals surface area contributed by atoms with Crippen LogP contribution >= 0.6 is 15.9 Å². The van der Waals surface area contributed by atoms with Gasteiger partial charge in [0.15, 0.2) is 0 Å². The molecular weight excluding hydrogens is 280 g/mol. The number of anilines is 1. The first-order valence-corrected chi connectivity index (χ1v) is 7.06. The van der Waals surface area contributed by atoms with E-state index in [1.165, 1.54) is 18.5 Å². The van der Waals surface area contributed by atoms with E-state index < -0.39 is 0 Å². The molecule has 1 unspecified atom stereocenters. The third-order valence-corrected chi connectivity index (χ3v) is 3.43. The largest absolute Gasteiger partial charge is 0.376 e. The molecule has 1 saturated heterocycles. The Bertz CT molecular complexity index is 359. The van der Waals surface area contributed by atoms with Crippen molar-refractivity contribution in [2.24, 2.45) is 0 Å². The lowest BCUT2D eigenvalue weighted by atomic mass is 10.1. The topological polar surface area (TPSA) is 25.4 Å². The summed E-state index contributed by atoms with van der Waals surface area (Å²) in [5, 5.41) is 0. The van der Waals surface area contributed by atoms with Crippen LogP contribution in [0.2, 0.25) is 0 Å². The van der Waals surface area contributed by atoms with Crippen LogP contribution in [0.5, 0.6) is 0 Å². The zero-order chi connectivity index (χ0) is 12.1. The molecule has 1 atom stereocenters. The highest BCUT2D eigenvalue weighted by molar-refractivity contribution is 9.10. The van der Waals surface area contributed by atoms with Crippen molar-refractivity contribution in [3.05, 3.63) is 22.9 Å². The van der Waals surface area contributed by atoms with E-state index in [1.807, 2.05) is 12.4 Å². The molecule has 1 aliphatic rings. The van der Waals surface area contributed by atoms with E-state index in [9.17, 15) is 0 Å². The van der Waals surface area contributed by atoms with Crippen LogP contribution < -0.4 is 4.90 Å². The standard InChI is InChI=1S/C13H19BrN2O/c1-2-6-17-13-4-3-5-16(10-13)12-7-11(14)8-15-9-12/h7-9,13H,2-6,10H2,1H3. The van der Waals surface area contributed by atoms with Crippen molar-refractivity contribution in [2.45, 2.75) is 32.3 Å². The summed E-state index contributed by atoms with van der Waals surface area (Å²) in [7, 11) is 0. The van der Waals surface area contributed by atoms with Gasteiger partial charge in [0.05, 0.1) is 18.0 Å². The first-order valence-electron chi connectivity index (χ1n) is 6.26. The SMILES string of the molecule is CCCOC1CCCN(c2cncc(Br)c2)C1. The average Bonchev–Trinajstić information content (AvgIpc) is 2.37. The maximum absolute atomic E-state index is 5.84. The Kier molecular flexibility index (Phi) is 4.80. The van der Waals surface area contributed by atoms with E-state index in [0.717, 1.165) is 30.6 Å². The number of ether oxygens (including phenoxy) is 1. The lowest BCUT2D eigenvalue weighted by Gasteiger charge is -2.34. The van der Waals surface area contributed by atoms with Gasteiger partial charge in [0.2, 0.25) is 0 Å². The Morgan fingerprint density at radius 3 is 3.18 bits per heavy atom. The molecule has 4 heteroatoms. The summed E-state index contributed by atoms with van der Waals surface area (Å²) in [6.45, 7) is 5.11. The number of hydrogen-bond donors (Lipinski definition) is 0. The van der Waals surface area contributed by atoms with Gasteiger partial charge in [-0.25, -0.2) is 0 Å². The van der Waals surface area contributed by atoms with E-state index in [-0.39, 0.29) is 0 Å². The van der Waals surface area contributed by atoms with Crippen LogP contribution in [0.25, 0.3) is 0 Å². The molecule has 1 aliphatic heterocycles. The van der Waals surface area contributed by atoms with Crippen LogP contribution in [-0.4, -0.2) is 30.8 Å². The lowest BCUT2D eigenvalue weighted by molar-refractivity contribution is 0.0440. The molecule has 0 radical (unpaired) electrons. The summed E-state index contributed by atoms with van der Waals surface area (Å²) in [6.07, 6.45) is 7.59. The second-order valence-electron chi connectivity index (χ2n) is 4.44. The van der Waals surface area contributed by atoms with Crippen LogP contribution in [0.4, 0.5) is 5.69 Å². The van der Waals surface area contributed by atoms with Crippen LogP contribution in [-0.2, 0) is 4.74 Å². The smallest absolute Gasteiger partial charge is 0.0750 e. The molecule has 0 aromatic carbocycles. The van der Waals surface area contributed by atoms with Gasteiger partial charge < -0.3 is 9.64 Å². The summed E-state index contributed by atoms with van der Waals surface area (Å²) in [6, 6.07) is 2.12. The van der Waals surface area contributed by atoms with Crippen molar-refractivity contribution in [1.29, 1.82) is 0 Å². The molecule has 0 bridgehead atoms. The molecule has 17 heavy (non-hydrogen) atoms. The van der Waals surface area contributed by atoms with Crippen molar-refractivity contribution in [3.8, 4) is 0 Å². The highest BCUT2D eigenvalue weighted by atomic mass is 79.9. The third kappa shape index (κ3) is 3.68. The maximum Gasteiger partial charge on any atom is 0.0750 e. The highest BCUT2D eigenvalue weighted by Crippen LogP contribution is 2.23. The molecule has 1 aromatic rings. The predicted molar refractivity (Wildman–Crippen MR) is 73.4 cm³/mol. The minimum atomic E-state index is 0.377. The van der Waals surface area contributed by atoms with Crippen molar-refractivity contribution >= 4 is 21.6 Å². The molecule has 0 aliphatic carbocycles. The van der Waals surface area contributed by atoms with Gasteiger partial charge >= 0.3 is 0 Å². The van der Waals surface area contributed by atoms with Gasteiger partial charge in [-0.2, -0.15) is 0 Å². The minimum Gasteiger partial charge on any atom is -0.376 e. The van der Waals surface area contributed by atoms with Crippen LogP contribution in [0.3, 0.4) is 0 Å². The second kappa shape index (κ2) is 6.36. The van der Waals surface area contributed by atoms with Crippen molar-refractivity contribution in [1.82, 2.24) is 4.98 Å². The Balaban J connectivity index is 1.97. The summed E-state index contributed by atoms with van der Waals surface area (Å²) in [4.78, 5) is 6.58.